The van der Waals surface area contributed by atoms with Crippen molar-refractivity contribution in [3.8, 4) is 0 Å². The lowest BCUT2D eigenvalue weighted by Gasteiger charge is -2.32. The fourth-order valence-corrected chi connectivity index (χ4v) is 10.7. The van der Waals surface area contributed by atoms with Gasteiger partial charge in [0.15, 0.2) is 13.9 Å². The van der Waals surface area contributed by atoms with E-state index in [0.717, 1.165) is 29.7 Å². The van der Waals surface area contributed by atoms with Crippen LogP contribution in [0.4, 0.5) is 17.1 Å². The smallest absolute Gasteiger partial charge is 0.269 e. The standard InChI is InChI=1S/C37H44N4O8Si/c1-25-35(50(2,3)48)32(22-34(44)38(19-20-42)23-26-9-5-4-6-10-26)49-37(25)30-21-29(41(46)47)16-17-31(30)40(36(37)45)24-27-12-14-28(15-13-27)39-18-8-7-11-33(39)43/h4-6,9-10,12-17,21,25,32,35,42,48H,7-8,11,18-20,22-24H2,1-3H3/t25-,32+,35-,37+/m1/s1. The van der Waals surface area contributed by atoms with Gasteiger partial charge in [-0.25, -0.2) is 0 Å². The summed E-state index contributed by atoms with van der Waals surface area (Å²) in [6.45, 7) is 6.26. The summed E-state index contributed by atoms with van der Waals surface area (Å²) in [4.78, 5) is 69.2. The van der Waals surface area contributed by atoms with Crippen molar-refractivity contribution in [3.05, 3.63) is 99.6 Å². The molecule has 3 aliphatic rings. The van der Waals surface area contributed by atoms with Gasteiger partial charge in [-0.15, -0.1) is 0 Å². The number of rotatable bonds is 11. The lowest BCUT2D eigenvalue weighted by Crippen LogP contribution is -2.46. The number of aliphatic hydroxyl groups excluding tert-OH is 1. The quantitative estimate of drug-likeness (QED) is 0.163. The second kappa shape index (κ2) is 14.1. The number of nitrogens with zero attached hydrogens (tertiary/aromatic N) is 4. The van der Waals surface area contributed by atoms with Crippen molar-refractivity contribution >= 4 is 43.1 Å². The molecule has 264 valence electrons. The normalized spacial score (nSPS) is 23.4. The van der Waals surface area contributed by atoms with E-state index in [4.69, 9.17) is 4.74 Å². The predicted octanol–water partition coefficient (Wildman–Crippen LogP) is 4.87. The minimum absolute atomic E-state index is 0.0843. The van der Waals surface area contributed by atoms with Crippen LogP contribution in [-0.2, 0) is 37.8 Å². The molecular formula is C37H44N4O8Si. The Hall–Kier alpha value is -4.43. The molecule has 13 heteroatoms. The maximum atomic E-state index is 14.8. The predicted molar refractivity (Wildman–Crippen MR) is 190 cm³/mol. The molecule has 2 fully saturated rings. The van der Waals surface area contributed by atoms with Crippen LogP contribution in [0.5, 0.6) is 0 Å². The molecule has 0 saturated carbocycles. The van der Waals surface area contributed by atoms with Crippen molar-refractivity contribution in [1.82, 2.24) is 4.90 Å². The Morgan fingerprint density at radius 3 is 2.42 bits per heavy atom. The average Bonchev–Trinajstić information content (AvgIpc) is 3.51. The van der Waals surface area contributed by atoms with Gasteiger partial charge in [-0.3, -0.25) is 24.5 Å². The number of amides is 3. The van der Waals surface area contributed by atoms with E-state index in [0.29, 0.717) is 24.2 Å². The number of hydrogen-bond donors (Lipinski definition) is 2. The number of piperidine rings is 1. The lowest BCUT2D eigenvalue weighted by atomic mass is 9.82. The van der Waals surface area contributed by atoms with Crippen molar-refractivity contribution in [1.29, 1.82) is 0 Å². The number of benzene rings is 3. The average molecular weight is 701 g/mol. The number of ether oxygens (including phenoxy) is 1. The molecule has 3 aromatic rings. The van der Waals surface area contributed by atoms with E-state index >= 15 is 0 Å². The zero-order valence-electron chi connectivity index (χ0n) is 28.7. The zero-order chi connectivity index (χ0) is 35.8. The first-order valence-electron chi connectivity index (χ1n) is 17.2. The summed E-state index contributed by atoms with van der Waals surface area (Å²) in [6, 6.07) is 21.2. The molecule has 6 rings (SSSR count). The number of carbonyl (C=O) groups excluding carboxylic acids is 3. The van der Waals surface area contributed by atoms with E-state index in [1.807, 2.05) is 61.5 Å². The Morgan fingerprint density at radius 2 is 1.78 bits per heavy atom. The Morgan fingerprint density at radius 1 is 1.06 bits per heavy atom. The molecule has 1 spiro atoms. The number of hydrogen-bond acceptors (Lipinski definition) is 8. The molecule has 3 heterocycles. The molecule has 3 amide bonds. The third-order valence-corrected chi connectivity index (χ3v) is 12.9. The minimum atomic E-state index is -3.13. The maximum absolute atomic E-state index is 14.8. The van der Waals surface area contributed by atoms with Crippen LogP contribution < -0.4 is 9.80 Å². The summed E-state index contributed by atoms with van der Waals surface area (Å²) >= 11 is 0. The minimum Gasteiger partial charge on any atom is -0.432 e. The summed E-state index contributed by atoms with van der Waals surface area (Å²) in [7, 11) is -3.13. The van der Waals surface area contributed by atoms with Crippen molar-refractivity contribution in [3.63, 3.8) is 0 Å². The third-order valence-electron chi connectivity index (χ3n) is 10.4. The molecule has 3 aliphatic heterocycles. The topological polar surface area (TPSA) is 154 Å². The van der Waals surface area contributed by atoms with Crippen LogP contribution in [0.2, 0.25) is 18.6 Å². The van der Waals surface area contributed by atoms with Crippen molar-refractivity contribution in [2.75, 3.05) is 29.5 Å². The highest BCUT2D eigenvalue weighted by Crippen LogP contribution is 2.60. The van der Waals surface area contributed by atoms with Gasteiger partial charge in [-0.05, 0) is 55.3 Å². The van der Waals surface area contributed by atoms with E-state index in [1.54, 1.807) is 33.9 Å². The summed E-state index contributed by atoms with van der Waals surface area (Å²) in [5, 5.41) is 21.8. The van der Waals surface area contributed by atoms with Crippen molar-refractivity contribution in [2.24, 2.45) is 5.92 Å². The molecular weight excluding hydrogens is 657 g/mol. The zero-order valence-corrected chi connectivity index (χ0v) is 29.7. The van der Waals surface area contributed by atoms with Gasteiger partial charge in [0, 0.05) is 60.9 Å². The Kier molecular flexibility index (Phi) is 9.95. The van der Waals surface area contributed by atoms with Gasteiger partial charge < -0.3 is 29.3 Å². The number of anilines is 2. The number of aliphatic hydroxyl groups is 1. The molecule has 12 nitrogen and oxygen atoms in total. The highest BCUT2D eigenvalue weighted by molar-refractivity contribution is 6.71. The van der Waals surface area contributed by atoms with Gasteiger partial charge in [-0.1, -0.05) is 49.4 Å². The van der Waals surface area contributed by atoms with Gasteiger partial charge in [0.1, 0.15) is 0 Å². The van der Waals surface area contributed by atoms with Gasteiger partial charge in [0.2, 0.25) is 11.8 Å². The first-order valence-corrected chi connectivity index (χ1v) is 20.2. The second-order valence-electron chi connectivity index (χ2n) is 14.1. The van der Waals surface area contributed by atoms with Crippen LogP contribution in [0.1, 0.15) is 49.3 Å². The molecule has 0 aromatic heterocycles. The number of nitro groups is 1. The number of non-ortho nitro benzene ring substituents is 1. The van der Waals surface area contributed by atoms with Gasteiger partial charge in [-0.2, -0.15) is 0 Å². The summed E-state index contributed by atoms with van der Waals surface area (Å²) in [6.07, 6.45) is 1.32. The first kappa shape index (κ1) is 35.4. The second-order valence-corrected chi connectivity index (χ2v) is 18.1. The maximum Gasteiger partial charge on any atom is 0.269 e. The highest BCUT2D eigenvalue weighted by atomic mass is 28.4. The van der Waals surface area contributed by atoms with Crippen molar-refractivity contribution in [2.45, 2.75) is 76.0 Å². The van der Waals surface area contributed by atoms with E-state index in [1.165, 1.54) is 12.1 Å². The summed E-state index contributed by atoms with van der Waals surface area (Å²) in [5.74, 6) is -1.25. The first-order chi connectivity index (χ1) is 23.8. The van der Waals surface area contributed by atoms with Crippen molar-refractivity contribution < 1.29 is 33.9 Å². The van der Waals surface area contributed by atoms with Gasteiger partial charge in [0.05, 0.1) is 36.3 Å². The molecule has 2 N–H and O–H groups in total. The van der Waals surface area contributed by atoms with Crippen LogP contribution in [-0.4, -0.2) is 71.6 Å². The van der Waals surface area contributed by atoms with Crippen LogP contribution in [0.25, 0.3) is 0 Å². The lowest BCUT2D eigenvalue weighted by molar-refractivity contribution is -0.385. The van der Waals surface area contributed by atoms with E-state index < -0.39 is 42.3 Å². The molecule has 2 saturated heterocycles. The molecule has 0 aliphatic carbocycles. The number of nitro benzene ring substituents is 1. The van der Waals surface area contributed by atoms with Gasteiger partial charge >= 0.3 is 0 Å². The molecule has 3 aromatic carbocycles. The van der Waals surface area contributed by atoms with E-state index in [9.17, 15) is 34.4 Å². The SMILES string of the molecule is C[C@@H]1[C@@H]([Si](C)(C)O)[C@H](CC(=O)N(CCO)Cc2ccccc2)O[C@@]12C(=O)N(Cc1ccc(N3CCCCC3=O)cc1)c1ccc([N+](=O)[O-])cc12. The Balaban J connectivity index is 1.34. The Bertz CT molecular complexity index is 1770. The van der Waals surface area contributed by atoms with Crippen LogP contribution >= 0.6 is 0 Å². The van der Waals surface area contributed by atoms with Crippen LogP contribution in [0, 0.1) is 16.0 Å². The van der Waals surface area contributed by atoms with Gasteiger partial charge in [0.25, 0.3) is 11.6 Å². The van der Waals surface area contributed by atoms with E-state index in [2.05, 4.69) is 0 Å². The molecule has 4 atom stereocenters. The van der Waals surface area contributed by atoms with Crippen LogP contribution in [0.3, 0.4) is 0 Å². The fourth-order valence-electron chi connectivity index (χ4n) is 8.10. The molecule has 0 bridgehead atoms. The van der Waals surface area contributed by atoms with E-state index in [-0.39, 0.29) is 50.2 Å². The summed E-state index contributed by atoms with van der Waals surface area (Å²) in [5.41, 5.74) is 0.836. The Labute approximate surface area is 292 Å². The third kappa shape index (κ3) is 6.58. The number of carbonyl (C=O) groups is 3. The van der Waals surface area contributed by atoms with Crippen LogP contribution in [0.15, 0.2) is 72.8 Å². The monoisotopic (exact) mass is 700 g/mol. The number of fused-ring (bicyclic) bond motifs is 2. The summed E-state index contributed by atoms with van der Waals surface area (Å²) < 4.78 is 6.77. The fraction of sp³-hybridized carbons (Fsp3) is 0.432. The molecule has 0 radical (unpaired) electrons. The largest absolute Gasteiger partial charge is 0.432 e. The highest BCUT2D eigenvalue weighted by Gasteiger charge is 2.66. The molecule has 50 heavy (non-hydrogen) atoms. The molecule has 0 unspecified atom stereocenters.